The van der Waals surface area contributed by atoms with E-state index in [1.165, 1.54) is 0 Å². The van der Waals surface area contributed by atoms with Crippen molar-refractivity contribution < 1.29 is 9.53 Å². The monoisotopic (exact) mass is 256 g/mol. The highest BCUT2D eigenvalue weighted by Crippen LogP contribution is 2.23. The van der Waals surface area contributed by atoms with E-state index in [1.54, 1.807) is 12.4 Å². The zero-order valence-electron chi connectivity index (χ0n) is 7.37. The predicted molar refractivity (Wildman–Crippen MR) is 53.6 cm³/mol. The van der Waals surface area contributed by atoms with Crippen molar-refractivity contribution in [2.75, 3.05) is 13.2 Å². The first-order valence-electron chi connectivity index (χ1n) is 4.24. The lowest BCUT2D eigenvalue weighted by atomic mass is 10.1. The number of ether oxygens (including phenoxy) is 1. The van der Waals surface area contributed by atoms with E-state index in [0.717, 1.165) is 10.0 Å². The van der Waals surface area contributed by atoms with Gasteiger partial charge in [-0.1, -0.05) is 0 Å². The van der Waals surface area contributed by atoms with Gasteiger partial charge in [0, 0.05) is 16.9 Å². The third-order valence-electron chi connectivity index (χ3n) is 2.03. The highest BCUT2D eigenvalue weighted by molar-refractivity contribution is 9.10. The first-order valence-corrected chi connectivity index (χ1v) is 5.03. The molecule has 2 heterocycles. The van der Waals surface area contributed by atoms with E-state index >= 15 is 0 Å². The van der Waals surface area contributed by atoms with Crippen LogP contribution in [0.15, 0.2) is 22.9 Å². The number of pyridine rings is 1. The summed E-state index contributed by atoms with van der Waals surface area (Å²) in [4.78, 5) is 15.0. The fourth-order valence-electron chi connectivity index (χ4n) is 1.38. The first-order chi connectivity index (χ1) is 6.77. The second-order valence-electron chi connectivity index (χ2n) is 3.03. The number of carbonyl (C=O) groups excluding carboxylic acids is 1. The van der Waals surface area contributed by atoms with E-state index in [2.05, 4.69) is 26.2 Å². The Balaban J connectivity index is 2.22. The normalized spacial score (nSPS) is 21.8. The lowest BCUT2D eigenvalue weighted by Gasteiger charge is -2.24. The van der Waals surface area contributed by atoms with Crippen LogP contribution >= 0.6 is 15.9 Å². The van der Waals surface area contributed by atoms with Crippen LogP contribution in [0.2, 0.25) is 0 Å². The molecule has 1 amide bonds. The van der Waals surface area contributed by atoms with Crippen molar-refractivity contribution >= 4 is 21.8 Å². The molecule has 2 rings (SSSR count). The maximum absolute atomic E-state index is 11.1. The van der Waals surface area contributed by atoms with Gasteiger partial charge in [0.2, 0.25) is 5.91 Å². The van der Waals surface area contributed by atoms with Crippen LogP contribution in [0.25, 0.3) is 0 Å². The number of rotatable bonds is 1. The van der Waals surface area contributed by atoms with Gasteiger partial charge in [-0.25, -0.2) is 0 Å². The molecule has 1 N–H and O–H groups in total. The molecule has 5 heteroatoms. The van der Waals surface area contributed by atoms with Gasteiger partial charge in [0.25, 0.3) is 0 Å². The van der Waals surface area contributed by atoms with E-state index in [0.29, 0.717) is 6.61 Å². The molecule has 0 bridgehead atoms. The summed E-state index contributed by atoms with van der Waals surface area (Å²) >= 11 is 3.38. The van der Waals surface area contributed by atoms with Gasteiger partial charge in [0.1, 0.15) is 6.61 Å². The molecule has 0 unspecified atom stereocenters. The molecule has 0 spiro atoms. The van der Waals surface area contributed by atoms with Crippen LogP contribution in [-0.2, 0) is 9.53 Å². The molecule has 0 aliphatic carbocycles. The van der Waals surface area contributed by atoms with Gasteiger partial charge in [-0.2, -0.15) is 0 Å². The number of hydrogen-bond donors (Lipinski definition) is 1. The van der Waals surface area contributed by atoms with Gasteiger partial charge in [-0.3, -0.25) is 9.78 Å². The van der Waals surface area contributed by atoms with Gasteiger partial charge in [0.15, 0.2) is 0 Å². The average molecular weight is 257 g/mol. The number of morpholine rings is 1. The summed E-state index contributed by atoms with van der Waals surface area (Å²) in [6.07, 6.45) is 3.40. The summed E-state index contributed by atoms with van der Waals surface area (Å²) in [6.45, 7) is 0.660. The summed E-state index contributed by atoms with van der Waals surface area (Å²) in [6, 6.07) is 1.79. The maximum atomic E-state index is 11.1. The number of nitrogens with one attached hydrogen (secondary N) is 1. The van der Waals surface area contributed by atoms with E-state index < -0.39 is 0 Å². The fourth-order valence-corrected chi connectivity index (χ4v) is 1.91. The van der Waals surface area contributed by atoms with Crippen LogP contribution in [0.1, 0.15) is 11.6 Å². The van der Waals surface area contributed by atoms with Crippen molar-refractivity contribution in [3.8, 4) is 0 Å². The topological polar surface area (TPSA) is 51.2 Å². The Morgan fingerprint density at radius 1 is 1.64 bits per heavy atom. The predicted octanol–water partition coefficient (Wildman–Crippen LogP) is 1.03. The van der Waals surface area contributed by atoms with E-state index in [-0.39, 0.29) is 18.6 Å². The summed E-state index contributed by atoms with van der Waals surface area (Å²) in [5.74, 6) is -0.0787. The molecule has 1 aliphatic rings. The number of amides is 1. The van der Waals surface area contributed by atoms with Gasteiger partial charge < -0.3 is 10.1 Å². The van der Waals surface area contributed by atoms with Crippen molar-refractivity contribution in [2.45, 2.75) is 6.04 Å². The first kappa shape index (κ1) is 9.61. The molecule has 1 saturated heterocycles. The van der Waals surface area contributed by atoms with Gasteiger partial charge in [-0.05, 0) is 27.6 Å². The number of aromatic nitrogens is 1. The highest BCUT2D eigenvalue weighted by Gasteiger charge is 2.21. The lowest BCUT2D eigenvalue weighted by Crippen LogP contribution is -2.39. The van der Waals surface area contributed by atoms with Crippen molar-refractivity contribution in [2.24, 2.45) is 0 Å². The fraction of sp³-hybridized carbons (Fsp3) is 0.333. The van der Waals surface area contributed by atoms with Gasteiger partial charge in [0.05, 0.1) is 12.6 Å². The van der Waals surface area contributed by atoms with E-state index in [1.807, 2.05) is 6.07 Å². The molecule has 1 aromatic rings. The van der Waals surface area contributed by atoms with Crippen molar-refractivity contribution in [1.82, 2.24) is 10.3 Å². The maximum Gasteiger partial charge on any atom is 0.246 e. The third kappa shape index (κ3) is 1.93. The highest BCUT2D eigenvalue weighted by atomic mass is 79.9. The van der Waals surface area contributed by atoms with Crippen LogP contribution in [-0.4, -0.2) is 24.1 Å². The lowest BCUT2D eigenvalue weighted by molar-refractivity contribution is -0.131. The molecule has 0 saturated carbocycles. The molecule has 0 radical (unpaired) electrons. The molecule has 4 nitrogen and oxygen atoms in total. The minimum absolute atomic E-state index is 0.0753. The summed E-state index contributed by atoms with van der Waals surface area (Å²) in [5.41, 5.74) is 0.994. The zero-order valence-corrected chi connectivity index (χ0v) is 8.95. The second kappa shape index (κ2) is 4.06. The molecular formula is C9H9BrN2O2. The quantitative estimate of drug-likeness (QED) is 0.817. The van der Waals surface area contributed by atoms with Crippen molar-refractivity contribution in [1.29, 1.82) is 0 Å². The third-order valence-corrected chi connectivity index (χ3v) is 2.69. The number of halogens is 1. The summed E-state index contributed by atoms with van der Waals surface area (Å²) in [5, 5.41) is 2.85. The van der Waals surface area contributed by atoms with Crippen molar-refractivity contribution in [3.05, 3.63) is 28.5 Å². The van der Waals surface area contributed by atoms with Crippen LogP contribution in [0.4, 0.5) is 0 Å². The van der Waals surface area contributed by atoms with Crippen LogP contribution in [0.3, 0.4) is 0 Å². The molecule has 1 aliphatic heterocycles. The Morgan fingerprint density at radius 2 is 2.50 bits per heavy atom. The average Bonchev–Trinajstić information content (AvgIpc) is 2.18. The Hall–Kier alpha value is -0.940. The van der Waals surface area contributed by atoms with Crippen LogP contribution in [0.5, 0.6) is 0 Å². The minimum atomic E-state index is -0.0787. The molecular weight excluding hydrogens is 248 g/mol. The van der Waals surface area contributed by atoms with Crippen LogP contribution in [0, 0.1) is 0 Å². The van der Waals surface area contributed by atoms with E-state index in [4.69, 9.17) is 4.74 Å². The Bertz CT molecular complexity index is 356. The molecule has 0 aromatic carbocycles. The van der Waals surface area contributed by atoms with E-state index in [9.17, 15) is 4.79 Å². The molecule has 74 valence electrons. The van der Waals surface area contributed by atoms with Gasteiger partial charge >= 0.3 is 0 Å². The Labute approximate surface area is 89.8 Å². The Morgan fingerprint density at radius 3 is 3.21 bits per heavy atom. The van der Waals surface area contributed by atoms with Crippen molar-refractivity contribution in [3.63, 3.8) is 0 Å². The minimum Gasteiger partial charge on any atom is -0.369 e. The number of carbonyl (C=O) groups is 1. The smallest absolute Gasteiger partial charge is 0.246 e. The standard InChI is InChI=1S/C9H9BrN2O2/c10-7-3-11-2-1-6(7)8-4-14-5-9(13)12-8/h1-3,8H,4-5H2,(H,12,13)/t8-/m0/s1. The number of hydrogen-bond acceptors (Lipinski definition) is 3. The number of nitrogens with zero attached hydrogens (tertiary/aromatic N) is 1. The SMILES string of the molecule is O=C1COC[C@@H](c2ccncc2Br)N1. The molecule has 1 aromatic heterocycles. The summed E-state index contributed by atoms with van der Waals surface area (Å²) in [7, 11) is 0. The second-order valence-corrected chi connectivity index (χ2v) is 3.89. The Kier molecular flexibility index (Phi) is 2.79. The zero-order chi connectivity index (χ0) is 9.97. The van der Waals surface area contributed by atoms with Crippen LogP contribution < -0.4 is 5.32 Å². The largest absolute Gasteiger partial charge is 0.369 e. The molecule has 14 heavy (non-hydrogen) atoms. The molecule has 1 fully saturated rings. The van der Waals surface area contributed by atoms with Gasteiger partial charge in [-0.15, -0.1) is 0 Å². The summed E-state index contributed by atoms with van der Waals surface area (Å²) < 4.78 is 6.04. The molecule has 1 atom stereocenters.